The Morgan fingerprint density at radius 1 is 0.453 bits per heavy atom. The van der Waals surface area contributed by atoms with Gasteiger partial charge in [0.05, 0.1) is 32.0 Å². The zero-order valence-corrected chi connectivity index (χ0v) is 55.5. The van der Waals surface area contributed by atoms with Crippen LogP contribution in [0.25, 0.3) is 0 Å². The Balaban J connectivity index is 1.90. The molecule has 1 heterocycles. The largest absolute Gasteiger partial charge is 0.466 e. The zero-order chi connectivity index (χ0) is 62.3. The van der Waals surface area contributed by atoms with E-state index in [0.29, 0.717) is 19.4 Å². The highest BCUT2D eigenvalue weighted by molar-refractivity contribution is 5.76. The summed E-state index contributed by atoms with van der Waals surface area (Å²) in [5.74, 6) is -0.196. The van der Waals surface area contributed by atoms with Crippen molar-refractivity contribution in [3.05, 3.63) is 72.9 Å². The van der Waals surface area contributed by atoms with E-state index in [1.165, 1.54) is 231 Å². The molecule has 0 bridgehead atoms. The molecule has 1 aliphatic heterocycles. The second-order valence-corrected chi connectivity index (χ2v) is 24.9. The molecule has 1 aliphatic rings. The van der Waals surface area contributed by atoms with E-state index < -0.39 is 49.5 Å². The summed E-state index contributed by atoms with van der Waals surface area (Å²) in [6.07, 6.45) is 76.6. The fourth-order valence-corrected chi connectivity index (χ4v) is 11.1. The van der Waals surface area contributed by atoms with Gasteiger partial charge in [-0.15, -0.1) is 0 Å². The standard InChI is InChI=1S/C75H135NO10/c1-3-5-7-9-11-13-14-15-40-43-47-51-55-59-63-71(80)84-64-60-56-52-48-44-41-38-36-34-32-30-28-26-24-22-20-18-16-17-19-21-23-25-27-29-31-33-35-37-39-42-46-50-54-58-62-70(79)76-67(68(78)61-57-53-49-45-12-10-8-6-4-2)66-85-75-74(83)73(82)72(81)69(65-77)86-75/h4,6,12,14-15,18,20,24,26,45,57,61,67-69,72-75,77-78,81-83H,3,5,7-11,13,16-17,19,21-23,25,27-44,46-56,58-60,62-66H2,1-2H3,(H,76,79)/b6-4+,15-14-,20-18-,26-24-,45-12+,61-57+. The Morgan fingerprint density at radius 2 is 0.837 bits per heavy atom. The van der Waals surface area contributed by atoms with Crippen LogP contribution in [0.3, 0.4) is 0 Å². The molecule has 86 heavy (non-hydrogen) atoms. The molecule has 1 amide bonds. The van der Waals surface area contributed by atoms with Crippen LogP contribution in [0.4, 0.5) is 0 Å². The molecule has 0 radical (unpaired) electrons. The van der Waals surface area contributed by atoms with Gasteiger partial charge in [-0.3, -0.25) is 9.59 Å². The lowest BCUT2D eigenvalue weighted by atomic mass is 9.99. The highest BCUT2D eigenvalue weighted by Gasteiger charge is 2.44. The molecular formula is C75H135NO10. The van der Waals surface area contributed by atoms with Crippen molar-refractivity contribution in [2.75, 3.05) is 19.8 Å². The van der Waals surface area contributed by atoms with Crippen molar-refractivity contribution in [1.82, 2.24) is 5.32 Å². The van der Waals surface area contributed by atoms with Gasteiger partial charge in [0.25, 0.3) is 0 Å². The predicted molar refractivity (Wildman–Crippen MR) is 361 cm³/mol. The van der Waals surface area contributed by atoms with Gasteiger partial charge in [0.15, 0.2) is 6.29 Å². The monoisotopic (exact) mass is 1210 g/mol. The Hall–Kier alpha value is -2.90. The maximum absolute atomic E-state index is 13.0. The zero-order valence-electron chi connectivity index (χ0n) is 55.5. The van der Waals surface area contributed by atoms with Gasteiger partial charge in [0.2, 0.25) is 5.91 Å². The molecule has 0 aromatic carbocycles. The molecule has 6 N–H and O–H groups in total. The SMILES string of the molecule is C/C=C/CC/C=C/CC/C=C/C(O)C(COC1OC(CO)C(O)C(O)C1O)NC(=O)CCCCCCCCCCCCCCCCCCC/C=C\C/C=C\CCCCCCCCCCCCCOC(=O)CCCCCCC/C=C\CCCCCCC. The Morgan fingerprint density at radius 3 is 1.29 bits per heavy atom. The van der Waals surface area contributed by atoms with Crippen LogP contribution >= 0.6 is 0 Å². The van der Waals surface area contributed by atoms with Gasteiger partial charge in [-0.25, -0.2) is 0 Å². The van der Waals surface area contributed by atoms with Gasteiger partial charge in [0, 0.05) is 12.8 Å². The molecule has 7 atom stereocenters. The first-order valence-electron chi connectivity index (χ1n) is 36.2. The Kier molecular flexibility index (Phi) is 60.0. The van der Waals surface area contributed by atoms with E-state index in [2.05, 4.69) is 66.9 Å². The Labute approximate surface area is 528 Å². The van der Waals surface area contributed by atoms with Crippen LogP contribution in [0.5, 0.6) is 0 Å². The van der Waals surface area contributed by atoms with E-state index in [-0.39, 0.29) is 18.5 Å². The molecule has 0 aromatic heterocycles. The number of unbranched alkanes of at least 4 members (excludes halogenated alkanes) is 40. The van der Waals surface area contributed by atoms with Crippen LogP contribution in [0.2, 0.25) is 0 Å². The van der Waals surface area contributed by atoms with Crippen LogP contribution in [0.1, 0.15) is 328 Å². The summed E-state index contributed by atoms with van der Waals surface area (Å²) >= 11 is 0. The van der Waals surface area contributed by atoms with Gasteiger partial charge >= 0.3 is 5.97 Å². The number of aliphatic hydroxyl groups excluding tert-OH is 5. The number of carbonyl (C=O) groups excluding carboxylic acids is 2. The third-order valence-corrected chi connectivity index (χ3v) is 16.8. The first-order valence-corrected chi connectivity index (χ1v) is 36.2. The van der Waals surface area contributed by atoms with Gasteiger partial charge in [0.1, 0.15) is 24.4 Å². The van der Waals surface area contributed by atoms with Crippen LogP contribution in [0, 0.1) is 0 Å². The minimum absolute atomic E-state index is 0.000786. The summed E-state index contributed by atoms with van der Waals surface area (Å²) in [4.78, 5) is 25.1. The smallest absolute Gasteiger partial charge is 0.305 e. The first-order chi connectivity index (χ1) is 42.2. The molecule has 1 rings (SSSR count). The number of carbonyl (C=O) groups is 2. The quantitative estimate of drug-likeness (QED) is 0.0195. The van der Waals surface area contributed by atoms with Crippen molar-refractivity contribution in [3.8, 4) is 0 Å². The molecule has 0 saturated carbocycles. The molecule has 1 saturated heterocycles. The lowest BCUT2D eigenvalue weighted by Gasteiger charge is -2.40. The summed E-state index contributed by atoms with van der Waals surface area (Å²) in [6, 6.07) is -0.833. The van der Waals surface area contributed by atoms with E-state index in [4.69, 9.17) is 14.2 Å². The van der Waals surface area contributed by atoms with Crippen LogP contribution in [0.15, 0.2) is 72.9 Å². The summed E-state index contributed by atoms with van der Waals surface area (Å²) < 4.78 is 16.7. The Bertz CT molecular complexity index is 1660. The van der Waals surface area contributed by atoms with Crippen molar-refractivity contribution in [2.24, 2.45) is 0 Å². The molecule has 11 nitrogen and oxygen atoms in total. The molecule has 7 unspecified atom stereocenters. The van der Waals surface area contributed by atoms with Gasteiger partial charge in [-0.1, -0.05) is 279 Å². The summed E-state index contributed by atoms with van der Waals surface area (Å²) in [5.41, 5.74) is 0. The maximum atomic E-state index is 13.0. The number of esters is 1. The van der Waals surface area contributed by atoms with E-state index in [1.807, 2.05) is 19.1 Å². The van der Waals surface area contributed by atoms with Crippen LogP contribution < -0.4 is 5.32 Å². The molecule has 0 aromatic rings. The fraction of sp³-hybridized carbons (Fsp3) is 0.813. The number of rotatable bonds is 63. The number of allylic oxidation sites excluding steroid dienone is 11. The molecular weight excluding hydrogens is 1070 g/mol. The van der Waals surface area contributed by atoms with Gasteiger partial charge < -0.3 is 45.1 Å². The summed E-state index contributed by atoms with van der Waals surface area (Å²) in [7, 11) is 0. The first kappa shape index (κ1) is 81.1. The van der Waals surface area contributed by atoms with Gasteiger partial charge in [-0.05, 0) is 110 Å². The number of amides is 1. The molecule has 0 spiro atoms. The summed E-state index contributed by atoms with van der Waals surface area (Å²) in [5, 5.41) is 54.2. The normalized spacial score (nSPS) is 18.3. The number of nitrogens with one attached hydrogen (secondary N) is 1. The number of aliphatic hydroxyl groups is 5. The number of ether oxygens (including phenoxy) is 3. The minimum atomic E-state index is -1.58. The fourth-order valence-electron chi connectivity index (χ4n) is 11.1. The molecule has 500 valence electrons. The highest BCUT2D eigenvalue weighted by atomic mass is 16.7. The van der Waals surface area contributed by atoms with Gasteiger partial charge in [-0.2, -0.15) is 0 Å². The third-order valence-electron chi connectivity index (χ3n) is 16.8. The minimum Gasteiger partial charge on any atom is -0.466 e. The number of hydrogen-bond donors (Lipinski definition) is 6. The lowest BCUT2D eigenvalue weighted by Crippen LogP contribution is -2.60. The number of hydrogen-bond acceptors (Lipinski definition) is 10. The average Bonchev–Trinajstić information content (AvgIpc) is 2.21. The summed E-state index contributed by atoms with van der Waals surface area (Å²) in [6.45, 7) is 4.10. The van der Waals surface area contributed by atoms with E-state index in [1.54, 1.807) is 6.08 Å². The predicted octanol–water partition coefficient (Wildman–Crippen LogP) is 18.7. The third kappa shape index (κ3) is 51.9. The van der Waals surface area contributed by atoms with E-state index >= 15 is 0 Å². The van der Waals surface area contributed by atoms with Crippen LogP contribution in [-0.2, 0) is 23.8 Å². The average molecular weight is 1210 g/mol. The van der Waals surface area contributed by atoms with Crippen molar-refractivity contribution in [2.45, 2.75) is 371 Å². The van der Waals surface area contributed by atoms with Crippen molar-refractivity contribution < 1.29 is 49.3 Å². The van der Waals surface area contributed by atoms with E-state index in [9.17, 15) is 35.1 Å². The molecule has 0 aliphatic carbocycles. The second-order valence-electron chi connectivity index (χ2n) is 24.9. The highest BCUT2D eigenvalue weighted by Crippen LogP contribution is 2.23. The lowest BCUT2D eigenvalue weighted by molar-refractivity contribution is -0.302. The topological polar surface area (TPSA) is 175 Å². The molecule has 11 heteroatoms. The van der Waals surface area contributed by atoms with Crippen molar-refractivity contribution >= 4 is 11.9 Å². The van der Waals surface area contributed by atoms with Crippen molar-refractivity contribution in [1.29, 1.82) is 0 Å². The molecule has 1 fully saturated rings. The van der Waals surface area contributed by atoms with Crippen LogP contribution in [-0.4, -0.2) is 100 Å². The maximum Gasteiger partial charge on any atom is 0.305 e. The second kappa shape index (κ2) is 63.7. The van der Waals surface area contributed by atoms with Crippen molar-refractivity contribution in [3.63, 3.8) is 0 Å². The van der Waals surface area contributed by atoms with E-state index in [0.717, 1.165) is 70.6 Å².